The molecule has 158 valence electrons. The Balaban J connectivity index is 2.28. The average Bonchev–Trinajstić information content (AvgIpc) is 2.72. The Kier molecular flexibility index (Phi) is 6.81. The summed E-state index contributed by atoms with van der Waals surface area (Å²) >= 11 is 0. The lowest BCUT2D eigenvalue weighted by molar-refractivity contribution is 0.832. The van der Waals surface area contributed by atoms with Crippen molar-refractivity contribution in [2.75, 3.05) is 18.8 Å². The summed E-state index contributed by atoms with van der Waals surface area (Å²) in [5, 5.41) is 0. The molecule has 0 unspecified atom stereocenters. The van der Waals surface area contributed by atoms with Gasteiger partial charge in [-0.3, -0.25) is 15.0 Å². The Hall–Kier alpha value is -1.93. The van der Waals surface area contributed by atoms with Gasteiger partial charge in [0.1, 0.15) is 0 Å². The number of rotatable bonds is 6. The number of hydrogen-bond acceptors (Lipinski definition) is 1. The molecule has 0 fully saturated rings. The lowest BCUT2D eigenvalue weighted by Gasteiger charge is -2.46. The van der Waals surface area contributed by atoms with Crippen molar-refractivity contribution in [1.29, 1.82) is 0 Å². The SMILES string of the molecule is [B]C([B])(c1cc(C(C)C)c(-c2ccnc(-c3ccccc3)c2)c(C(C)C)c1)S(C)(C)C. The zero-order valence-corrected chi connectivity index (χ0v) is 20.8. The van der Waals surface area contributed by atoms with Crippen molar-refractivity contribution in [2.24, 2.45) is 0 Å². The summed E-state index contributed by atoms with van der Waals surface area (Å²) in [6.45, 7) is 8.96. The van der Waals surface area contributed by atoms with E-state index in [1.807, 2.05) is 12.3 Å². The van der Waals surface area contributed by atoms with Crippen molar-refractivity contribution in [2.45, 2.75) is 44.1 Å². The fourth-order valence-electron chi connectivity index (χ4n) is 3.86. The van der Waals surface area contributed by atoms with Gasteiger partial charge in [-0.1, -0.05) is 75.7 Å². The van der Waals surface area contributed by atoms with E-state index in [-0.39, 0.29) is 0 Å². The minimum atomic E-state index is -1.22. The van der Waals surface area contributed by atoms with Crippen molar-refractivity contribution in [3.63, 3.8) is 0 Å². The fourth-order valence-corrected chi connectivity index (χ4v) is 4.69. The number of aromatic nitrogens is 1. The Morgan fingerprint density at radius 3 is 1.81 bits per heavy atom. The van der Waals surface area contributed by atoms with Gasteiger partial charge in [-0.05, 0) is 69.5 Å². The van der Waals surface area contributed by atoms with Crippen LogP contribution in [-0.4, -0.2) is 39.4 Å². The standard InChI is InChI=1S/C27H33B2NS/c1-18(2)23-16-22(27(28,29)31(5,6)7)17-24(19(3)4)26(23)21-13-14-30-25(15-21)20-11-9-8-10-12-20/h8-19H,1-7H3. The summed E-state index contributed by atoms with van der Waals surface area (Å²) in [6.07, 6.45) is 8.45. The van der Waals surface area contributed by atoms with Gasteiger partial charge in [0.25, 0.3) is 0 Å². The first-order valence-electron chi connectivity index (χ1n) is 10.9. The summed E-state index contributed by atoms with van der Waals surface area (Å²) in [6, 6.07) is 19.1. The number of pyridine rings is 1. The van der Waals surface area contributed by atoms with Gasteiger partial charge in [-0.15, -0.1) is 0 Å². The molecule has 31 heavy (non-hydrogen) atoms. The predicted octanol–water partition coefficient (Wildman–Crippen LogP) is 6.80. The number of nitrogens with zero attached hydrogens (tertiary/aromatic N) is 1. The van der Waals surface area contributed by atoms with Gasteiger partial charge in [-0.25, -0.2) is 0 Å². The molecule has 0 aliphatic carbocycles. The average molecular weight is 425 g/mol. The first-order chi connectivity index (χ1) is 14.4. The summed E-state index contributed by atoms with van der Waals surface area (Å²) in [7, 11) is 12.3. The van der Waals surface area contributed by atoms with Crippen LogP contribution in [0.3, 0.4) is 0 Å². The molecule has 1 heterocycles. The van der Waals surface area contributed by atoms with Gasteiger partial charge >= 0.3 is 0 Å². The van der Waals surface area contributed by atoms with Crippen molar-refractivity contribution < 1.29 is 0 Å². The highest BCUT2D eigenvalue weighted by atomic mass is 32.3. The smallest absolute Gasteiger partial charge is 0.0804 e. The molecule has 3 aromatic rings. The highest BCUT2D eigenvalue weighted by Crippen LogP contribution is 2.53. The van der Waals surface area contributed by atoms with E-state index >= 15 is 0 Å². The third-order valence-corrected chi connectivity index (χ3v) is 8.29. The molecule has 1 nitrogen and oxygen atoms in total. The summed E-state index contributed by atoms with van der Waals surface area (Å²) in [5.74, 6) is 0.679. The molecule has 0 N–H and O–H groups in total. The van der Waals surface area contributed by atoms with E-state index in [1.165, 1.54) is 22.3 Å². The molecular weight excluding hydrogens is 392 g/mol. The lowest BCUT2D eigenvalue weighted by atomic mass is 9.64. The van der Waals surface area contributed by atoms with E-state index in [9.17, 15) is 0 Å². The molecule has 4 radical (unpaired) electrons. The topological polar surface area (TPSA) is 12.9 Å². The monoisotopic (exact) mass is 425 g/mol. The van der Waals surface area contributed by atoms with Gasteiger partial charge in [0.05, 0.1) is 21.4 Å². The molecule has 2 aromatic carbocycles. The molecule has 0 aliphatic rings. The van der Waals surface area contributed by atoms with E-state index in [0.29, 0.717) is 11.8 Å². The van der Waals surface area contributed by atoms with E-state index in [1.54, 1.807) is 0 Å². The maximum absolute atomic E-state index is 6.75. The van der Waals surface area contributed by atoms with Crippen molar-refractivity contribution in [3.05, 3.63) is 77.5 Å². The Morgan fingerprint density at radius 1 is 0.774 bits per heavy atom. The minimum Gasteiger partial charge on any atom is -0.256 e. The fraction of sp³-hybridized carbons (Fsp3) is 0.370. The molecule has 3 rings (SSSR count). The molecule has 0 amide bonds. The highest BCUT2D eigenvalue weighted by molar-refractivity contribution is 8.34. The summed E-state index contributed by atoms with van der Waals surface area (Å²) < 4.78 is -0.841. The van der Waals surface area contributed by atoms with Crippen LogP contribution in [0.15, 0.2) is 60.8 Å². The van der Waals surface area contributed by atoms with E-state index in [0.717, 1.165) is 16.8 Å². The van der Waals surface area contributed by atoms with E-state index < -0.39 is 14.6 Å². The first kappa shape index (κ1) is 23.7. The molecule has 0 saturated carbocycles. The van der Waals surface area contributed by atoms with Crippen LogP contribution in [0.5, 0.6) is 0 Å². The highest BCUT2D eigenvalue weighted by Gasteiger charge is 2.31. The van der Waals surface area contributed by atoms with E-state index in [2.05, 4.69) is 100.0 Å². The Labute approximate surface area is 193 Å². The summed E-state index contributed by atoms with van der Waals surface area (Å²) in [5.41, 5.74) is 8.19. The molecule has 0 spiro atoms. The molecule has 0 bridgehead atoms. The largest absolute Gasteiger partial charge is 0.256 e. The van der Waals surface area contributed by atoms with Gasteiger partial charge in [0.15, 0.2) is 0 Å². The van der Waals surface area contributed by atoms with Crippen LogP contribution in [0.25, 0.3) is 22.4 Å². The lowest BCUT2D eigenvalue weighted by Crippen LogP contribution is -2.33. The predicted molar refractivity (Wildman–Crippen MR) is 142 cm³/mol. The second kappa shape index (κ2) is 8.90. The molecule has 0 aliphatic heterocycles. The third kappa shape index (κ3) is 4.80. The van der Waals surface area contributed by atoms with Crippen molar-refractivity contribution in [3.8, 4) is 22.4 Å². The quantitative estimate of drug-likeness (QED) is 0.396. The molecule has 4 heteroatoms. The zero-order chi connectivity index (χ0) is 23.0. The van der Waals surface area contributed by atoms with Crippen LogP contribution in [0, 0.1) is 0 Å². The first-order valence-corrected chi connectivity index (χ1v) is 13.7. The second-order valence-electron chi connectivity index (χ2n) is 9.77. The minimum absolute atomic E-state index is 0.339. The van der Waals surface area contributed by atoms with Crippen molar-refractivity contribution >= 4 is 25.7 Å². The van der Waals surface area contributed by atoms with Gasteiger partial charge < -0.3 is 0 Å². The Morgan fingerprint density at radius 2 is 1.32 bits per heavy atom. The van der Waals surface area contributed by atoms with Crippen LogP contribution >= 0.6 is 10.0 Å². The molecule has 1 aromatic heterocycles. The van der Waals surface area contributed by atoms with Crippen LogP contribution in [0.4, 0.5) is 0 Å². The van der Waals surface area contributed by atoms with Crippen LogP contribution in [0.2, 0.25) is 0 Å². The van der Waals surface area contributed by atoms with Crippen LogP contribution in [0.1, 0.15) is 56.2 Å². The third-order valence-electron chi connectivity index (χ3n) is 6.03. The van der Waals surface area contributed by atoms with Gasteiger partial charge in [0.2, 0.25) is 0 Å². The summed E-state index contributed by atoms with van der Waals surface area (Å²) in [4.78, 5) is 4.64. The molecule has 0 atom stereocenters. The maximum Gasteiger partial charge on any atom is 0.0804 e. The van der Waals surface area contributed by atoms with Crippen LogP contribution in [-0.2, 0) is 4.55 Å². The second-order valence-corrected chi connectivity index (χ2v) is 14.1. The van der Waals surface area contributed by atoms with Crippen molar-refractivity contribution in [1.82, 2.24) is 4.98 Å². The Bertz CT molecular complexity index is 1020. The zero-order valence-electron chi connectivity index (χ0n) is 19.9. The van der Waals surface area contributed by atoms with Crippen LogP contribution < -0.4 is 0 Å². The van der Waals surface area contributed by atoms with Gasteiger partial charge in [0, 0.05) is 11.8 Å². The molecular formula is C27H33B2NS. The maximum atomic E-state index is 6.75. The number of hydrogen-bond donors (Lipinski definition) is 0. The number of benzene rings is 2. The van der Waals surface area contributed by atoms with Gasteiger partial charge in [-0.2, -0.15) is 0 Å². The normalized spacial score (nSPS) is 13.1. The molecule has 0 saturated heterocycles. The van der Waals surface area contributed by atoms with E-state index in [4.69, 9.17) is 15.7 Å².